The van der Waals surface area contributed by atoms with Gasteiger partial charge in [0, 0.05) is 17.1 Å². The predicted molar refractivity (Wildman–Crippen MR) is 105 cm³/mol. The van der Waals surface area contributed by atoms with Crippen molar-refractivity contribution in [3.8, 4) is 0 Å². The van der Waals surface area contributed by atoms with Gasteiger partial charge in [-0.05, 0) is 69.4 Å². The number of esters is 1. The summed E-state index contributed by atoms with van der Waals surface area (Å²) in [6, 6.07) is 7.81. The van der Waals surface area contributed by atoms with Gasteiger partial charge in [0.1, 0.15) is 0 Å². The number of fused-ring (bicyclic) bond motifs is 1. The molecule has 1 aromatic carbocycles. The molecule has 0 saturated heterocycles. The lowest BCUT2D eigenvalue weighted by molar-refractivity contribution is -0.150. The molecular formula is C20H23N3O3S. The lowest BCUT2D eigenvalue weighted by atomic mass is 10.1. The van der Waals surface area contributed by atoms with Crippen LogP contribution in [0.4, 0.5) is 5.69 Å². The minimum absolute atomic E-state index is 0.0549. The number of aryl methyl sites for hydroxylation is 4. The van der Waals surface area contributed by atoms with Gasteiger partial charge >= 0.3 is 5.97 Å². The molecule has 3 rings (SSSR count). The maximum atomic E-state index is 12.3. The number of hydrogen-bond donors (Lipinski definition) is 1. The molecule has 27 heavy (non-hydrogen) atoms. The normalized spacial score (nSPS) is 13.7. The number of rotatable bonds is 6. The molecular weight excluding hydrogens is 362 g/mol. The summed E-state index contributed by atoms with van der Waals surface area (Å²) in [5, 5.41) is 3.35. The van der Waals surface area contributed by atoms with Gasteiger partial charge in [0.25, 0.3) is 5.91 Å². The Morgan fingerprint density at radius 2 is 1.85 bits per heavy atom. The SMILES string of the molecule is Cc1cc(C)nc(SCC(=O)O[C@H](C)C(=O)Nc2ccc3c(c2)CCC3)n1. The summed E-state index contributed by atoms with van der Waals surface area (Å²) in [7, 11) is 0. The van der Waals surface area contributed by atoms with Gasteiger partial charge in [0.15, 0.2) is 11.3 Å². The number of nitrogens with one attached hydrogen (secondary N) is 1. The number of thioether (sulfide) groups is 1. The minimum Gasteiger partial charge on any atom is -0.452 e. The number of aromatic nitrogens is 2. The number of nitrogens with zero attached hydrogens (tertiary/aromatic N) is 2. The van der Waals surface area contributed by atoms with E-state index in [9.17, 15) is 9.59 Å². The van der Waals surface area contributed by atoms with E-state index in [-0.39, 0.29) is 11.7 Å². The van der Waals surface area contributed by atoms with E-state index in [1.165, 1.54) is 22.9 Å². The Kier molecular flexibility index (Phi) is 6.11. The van der Waals surface area contributed by atoms with Crippen LogP contribution in [0, 0.1) is 13.8 Å². The lowest BCUT2D eigenvalue weighted by Gasteiger charge is -2.14. The Balaban J connectivity index is 1.49. The molecule has 0 unspecified atom stereocenters. The summed E-state index contributed by atoms with van der Waals surface area (Å²) in [6.07, 6.45) is 2.43. The van der Waals surface area contributed by atoms with Crippen LogP contribution in [0.3, 0.4) is 0 Å². The third kappa shape index (κ3) is 5.29. The van der Waals surface area contributed by atoms with Gasteiger partial charge in [-0.2, -0.15) is 0 Å². The van der Waals surface area contributed by atoms with Crippen molar-refractivity contribution in [2.45, 2.75) is 51.3 Å². The molecule has 1 aliphatic carbocycles. The van der Waals surface area contributed by atoms with Crippen molar-refractivity contribution in [1.82, 2.24) is 9.97 Å². The van der Waals surface area contributed by atoms with Crippen molar-refractivity contribution in [1.29, 1.82) is 0 Å². The molecule has 0 aliphatic heterocycles. The molecule has 1 atom stereocenters. The number of anilines is 1. The smallest absolute Gasteiger partial charge is 0.317 e. The van der Waals surface area contributed by atoms with E-state index in [0.29, 0.717) is 5.16 Å². The highest BCUT2D eigenvalue weighted by atomic mass is 32.2. The fourth-order valence-electron chi connectivity index (χ4n) is 3.06. The fourth-order valence-corrected chi connectivity index (χ4v) is 3.79. The lowest BCUT2D eigenvalue weighted by Crippen LogP contribution is -2.30. The van der Waals surface area contributed by atoms with Crippen LogP contribution in [-0.4, -0.2) is 33.7 Å². The van der Waals surface area contributed by atoms with Gasteiger partial charge in [-0.3, -0.25) is 9.59 Å². The van der Waals surface area contributed by atoms with E-state index < -0.39 is 12.1 Å². The van der Waals surface area contributed by atoms with Gasteiger partial charge < -0.3 is 10.1 Å². The summed E-state index contributed by atoms with van der Waals surface area (Å²) < 4.78 is 5.23. The van der Waals surface area contributed by atoms with Crippen LogP contribution in [0.15, 0.2) is 29.4 Å². The monoisotopic (exact) mass is 385 g/mol. The van der Waals surface area contributed by atoms with E-state index in [4.69, 9.17) is 4.74 Å². The fraction of sp³-hybridized carbons (Fsp3) is 0.400. The molecule has 6 nitrogen and oxygen atoms in total. The first-order chi connectivity index (χ1) is 12.9. The number of amides is 1. The second-order valence-electron chi connectivity index (χ2n) is 6.68. The Labute approximate surface area is 163 Å². The number of hydrogen-bond acceptors (Lipinski definition) is 6. The first-order valence-corrected chi connectivity index (χ1v) is 9.96. The molecule has 1 amide bonds. The average molecular weight is 385 g/mol. The Morgan fingerprint density at radius 1 is 1.15 bits per heavy atom. The quantitative estimate of drug-likeness (QED) is 0.467. The molecule has 142 valence electrons. The van der Waals surface area contributed by atoms with Gasteiger partial charge in [-0.15, -0.1) is 0 Å². The average Bonchev–Trinajstić information content (AvgIpc) is 3.07. The van der Waals surface area contributed by atoms with Gasteiger partial charge in [0.05, 0.1) is 5.75 Å². The van der Waals surface area contributed by atoms with Crippen LogP contribution in [0.1, 0.15) is 35.9 Å². The molecule has 0 spiro atoms. The number of carbonyl (C=O) groups excluding carboxylic acids is 2. The van der Waals surface area contributed by atoms with Crippen LogP contribution >= 0.6 is 11.8 Å². The Bertz CT molecular complexity index is 849. The summed E-state index contributed by atoms with van der Waals surface area (Å²) >= 11 is 1.20. The van der Waals surface area contributed by atoms with E-state index in [1.54, 1.807) is 6.92 Å². The van der Waals surface area contributed by atoms with E-state index in [1.807, 2.05) is 32.0 Å². The maximum absolute atomic E-state index is 12.3. The third-order valence-corrected chi connectivity index (χ3v) is 5.15. The molecule has 0 fully saturated rings. The van der Waals surface area contributed by atoms with Gasteiger partial charge in [-0.25, -0.2) is 9.97 Å². The molecule has 0 saturated carbocycles. The zero-order valence-electron chi connectivity index (χ0n) is 15.7. The molecule has 0 bridgehead atoms. The Morgan fingerprint density at radius 3 is 2.59 bits per heavy atom. The highest BCUT2D eigenvalue weighted by Gasteiger charge is 2.19. The third-order valence-electron chi connectivity index (χ3n) is 4.32. The molecule has 7 heteroatoms. The van der Waals surface area contributed by atoms with Crippen LogP contribution in [-0.2, 0) is 27.2 Å². The van der Waals surface area contributed by atoms with Crippen molar-refractivity contribution in [3.05, 3.63) is 46.8 Å². The van der Waals surface area contributed by atoms with Gasteiger partial charge in [0.2, 0.25) is 0 Å². The van der Waals surface area contributed by atoms with Crippen molar-refractivity contribution >= 4 is 29.3 Å². The largest absolute Gasteiger partial charge is 0.452 e. The summed E-state index contributed by atoms with van der Waals surface area (Å²) in [5.41, 5.74) is 5.06. The molecule has 1 aromatic heterocycles. The van der Waals surface area contributed by atoms with Gasteiger partial charge in [-0.1, -0.05) is 17.8 Å². The van der Waals surface area contributed by atoms with Crippen LogP contribution < -0.4 is 5.32 Å². The van der Waals surface area contributed by atoms with Crippen LogP contribution in [0.5, 0.6) is 0 Å². The molecule has 1 heterocycles. The molecule has 2 aromatic rings. The number of carbonyl (C=O) groups is 2. The second-order valence-corrected chi connectivity index (χ2v) is 7.62. The maximum Gasteiger partial charge on any atom is 0.317 e. The molecule has 0 radical (unpaired) electrons. The zero-order valence-corrected chi connectivity index (χ0v) is 16.6. The van der Waals surface area contributed by atoms with Crippen molar-refractivity contribution in [3.63, 3.8) is 0 Å². The summed E-state index contributed by atoms with van der Waals surface area (Å²) in [4.78, 5) is 32.9. The number of ether oxygens (including phenoxy) is 1. The first kappa shape index (κ1) is 19.4. The van der Waals surface area contributed by atoms with Crippen molar-refractivity contribution in [2.75, 3.05) is 11.1 Å². The van der Waals surface area contributed by atoms with Crippen molar-refractivity contribution < 1.29 is 14.3 Å². The Hall–Kier alpha value is -2.41. The second kappa shape index (κ2) is 8.52. The van der Waals surface area contributed by atoms with E-state index in [0.717, 1.165) is 36.3 Å². The predicted octanol–water partition coefficient (Wildman–Crippen LogP) is 3.24. The van der Waals surface area contributed by atoms with E-state index >= 15 is 0 Å². The number of benzene rings is 1. The van der Waals surface area contributed by atoms with E-state index in [2.05, 4.69) is 21.4 Å². The summed E-state index contributed by atoms with van der Waals surface area (Å²) in [6.45, 7) is 5.32. The minimum atomic E-state index is -0.869. The van der Waals surface area contributed by atoms with Crippen LogP contribution in [0.2, 0.25) is 0 Å². The summed E-state index contributed by atoms with van der Waals surface area (Å²) in [5.74, 6) is -0.757. The standard InChI is InChI=1S/C20H23N3O3S/c1-12-9-13(2)22-20(21-12)27-11-18(24)26-14(3)19(25)23-17-8-7-15-5-4-6-16(15)10-17/h7-10,14H,4-6,11H2,1-3H3,(H,23,25)/t14-/m1/s1. The topological polar surface area (TPSA) is 81.2 Å². The highest BCUT2D eigenvalue weighted by Crippen LogP contribution is 2.25. The highest BCUT2D eigenvalue weighted by molar-refractivity contribution is 7.99. The first-order valence-electron chi connectivity index (χ1n) is 8.98. The van der Waals surface area contributed by atoms with Crippen LogP contribution in [0.25, 0.3) is 0 Å². The molecule has 1 aliphatic rings. The van der Waals surface area contributed by atoms with Crippen molar-refractivity contribution in [2.24, 2.45) is 0 Å². The zero-order chi connectivity index (χ0) is 19.4. The molecule has 1 N–H and O–H groups in total.